The number of benzene rings is 1. The predicted molar refractivity (Wildman–Crippen MR) is 80.9 cm³/mol. The van der Waals surface area contributed by atoms with Gasteiger partial charge in [0.1, 0.15) is 11.0 Å². The third kappa shape index (κ3) is 2.42. The first-order valence-electron chi connectivity index (χ1n) is 5.49. The molecule has 0 N–H and O–H groups in total. The summed E-state index contributed by atoms with van der Waals surface area (Å²) in [6.45, 7) is 0. The molecule has 0 amide bonds. The largest absolute Gasteiger partial charge is 0.266 e. The van der Waals surface area contributed by atoms with Crippen molar-refractivity contribution in [1.29, 1.82) is 0 Å². The summed E-state index contributed by atoms with van der Waals surface area (Å²) in [6.07, 6.45) is 9.58. The van der Waals surface area contributed by atoms with Crippen LogP contribution in [0.1, 0.15) is 5.56 Å². The van der Waals surface area contributed by atoms with Crippen molar-refractivity contribution in [2.75, 3.05) is 6.26 Å². The lowest BCUT2D eigenvalue weighted by Crippen LogP contribution is -1.83. The van der Waals surface area contributed by atoms with Crippen LogP contribution in [0, 0.1) is 0 Å². The fraction of sp³-hybridized carbons (Fsp3) is 0.154. The summed E-state index contributed by atoms with van der Waals surface area (Å²) in [6, 6.07) is 6.19. The van der Waals surface area contributed by atoms with Crippen LogP contribution in [0.5, 0.6) is 0 Å². The van der Waals surface area contributed by atoms with Crippen LogP contribution in [-0.4, -0.2) is 27.1 Å². The number of fused-ring (bicyclic) bond motifs is 1. The summed E-state index contributed by atoms with van der Waals surface area (Å²) in [5, 5.41) is 1.06. The average Bonchev–Trinajstić information content (AvgIpc) is 2.86. The number of allylic oxidation sites excluding steroid dienone is 1. The number of hydrogen-bond acceptors (Lipinski definition) is 5. The minimum absolute atomic E-state index is 0.306. The van der Waals surface area contributed by atoms with Gasteiger partial charge in [0.15, 0.2) is 0 Å². The Bertz CT molecular complexity index is 637. The first-order chi connectivity index (χ1) is 8.85. The van der Waals surface area contributed by atoms with Crippen molar-refractivity contribution in [3.8, 4) is 0 Å². The van der Waals surface area contributed by atoms with Gasteiger partial charge in [-0.25, -0.2) is 9.97 Å². The Morgan fingerprint density at radius 2 is 2.33 bits per heavy atom. The molecular formula is C13H11N3S2. The van der Waals surface area contributed by atoms with Gasteiger partial charge in [-0.1, -0.05) is 17.8 Å². The van der Waals surface area contributed by atoms with Gasteiger partial charge in [-0.15, -0.1) is 11.8 Å². The van der Waals surface area contributed by atoms with Crippen LogP contribution in [0.25, 0.3) is 17.0 Å². The Labute approximate surface area is 114 Å². The van der Waals surface area contributed by atoms with Crippen molar-refractivity contribution in [2.24, 2.45) is 4.99 Å². The van der Waals surface area contributed by atoms with Gasteiger partial charge in [0.25, 0.3) is 0 Å². The second-order valence-corrected chi connectivity index (χ2v) is 6.20. The lowest BCUT2D eigenvalue weighted by molar-refractivity contribution is 1.22. The van der Waals surface area contributed by atoms with Crippen LogP contribution in [0.3, 0.4) is 0 Å². The van der Waals surface area contributed by atoms with Gasteiger partial charge < -0.3 is 0 Å². The third-order valence-electron chi connectivity index (χ3n) is 2.60. The van der Waals surface area contributed by atoms with E-state index >= 15 is 0 Å². The first kappa shape index (κ1) is 11.7. The van der Waals surface area contributed by atoms with E-state index in [4.69, 9.17) is 0 Å². The zero-order chi connectivity index (χ0) is 12.4. The highest BCUT2D eigenvalue weighted by Gasteiger charge is 2.13. The molecule has 1 aromatic carbocycles. The number of hydrogen-bond donors (Lipinski definition) is 0. The van der Waals surface area contributed by atoms with E-state index < -0.39 is 0 Å². The monoisotopic (exact) mass is 273 g/mol. The normalized spacial score (nSPS) is 20.9. The van der Waals surface area contributed by atoms with Crippen LogP contribution in [0.4, 0.5) is 0 Å². The molecule has 18 heavy (non-hydrogen) atoms. The van der Waals surface area contributed by atoms with Crippen LogP contribution >= 0.6 is 23.5 Å². The van der Waals surface area contributed by atoms with Crippen molar-refractivity contribution in [3.05, 3.63) is 41.2 Å². The molecule has 2 heterocycles. The molecule has 0 fully saturated rings. The molecule has 0 saturated heterocycles. The number of nitrogens with zero attached hydrogens (tertiary/aromatic N) is 3. The Hall–Kier alpha value is -1.33. The van der Waals surface area contributed by atoms with Gasteiger partial charge in [0.2, 0.25) is 0 Å². The molecule has 5 heteroatoms. The summed E-state index contributed by atoms with van der Waals surface area (Å²) in [4.78, 5) is 13.9. The molecule has 0 spiro atoms. The lowest BCUT2D eigenvalue weighted by Gasteiger charge is -2.01. The lowest BCUT2D eigenvalue weighted by atomic mass is 10.1. The maximum Gasteiger partial charge on any atom is 0.145 e. The van der Waals surface area contributed by atoms with Gasteiger partial charge in [0, 0.05) is 22.7 Å². The predicted octanol–water partition coefficient (Wildman–Crippen LogP) is 3.43. The van der Waals surface area contributed by atoms with Crippen molar-refractivity contribution in [3.63, 3.8) is 0 Å². The van der Waals surface area contributed by atoms with Gasteiger partial charge in [-0.05, 0) is 30.0 Å². The molecule has 90 valence electrons. The Morgan fingerprint density at radius 3 is 3.17 bits per heavy atom. The molecule has 1 aliphatic rings. The average molecular weight is 273 g/mol. The van der Waals surface area contributed by atoms with E-state index in [1.165, 1.54) is 4.91 Å². The standard InChI is InChI=1S/C13H11N3S2/c1-17-13-15-7-11(18-13)5-9-2-3-12-10(4-9)6-14-8-16-12/h2-8,13H,1H3. The number of aliphatic imine (C=N–C) groups is 1. The quantitative estimate of drug-likeness (QED) is 0.840. The van der Waals surface area contributed by atoms with E-state index in [1.54, 1.807) is 29.9 Å². The van der Waals surface area contributed by atoms with Crippen LogP contribution in [0.15, 0.2) is 40.6 Å². The van der Waals surface area contributed by atoms with E-state index in [0.717, 1.165) is 16.5 Å². The molecule has 0 radical (unpaired) electrons. The zero-order valence-corrected chi connectivity index (χ0v) is 11.4. The second-order valence-electron chi connectivity index (χ2n) is 3.83. The van der Waals surface area contributed by atoms with Gasteiger partial charge in [-0.2, -0.15) is 0 Å². The van der Waals surface area contributed by atoms with Crippen LogP contribution in [0.2, 0.25) is 0 Å². The topological polar surface area (TPSA) is 38.1 Å². The van der Waals surface area contributed by atoms with Crippen LogP contribution in [-0.2, 0) is 0 Å². The molecule has 1 unspecified atom stereocenters. The summed E-state index contributed by atoms with van der Waals surface area (Å²) in [5.41, 5.74) is 2.13. The van der Waals surface area contributed by atoms with Gasteiger partial charge in [-0.3, -0.25) is 4.99 Å². The fourth-order valence-electron chi connectivity index (χ4n) is 1.75. The Kier molecular flexibility index (Phi) is 3.34. The molecule has 1 atom stereocenters. The minimum Gasteiger partial charge on any atom is -0.266 e. The minimum atomic E-state index is 0.306. The SMILES string of the molecule is CSC1N=CC(=Cc2ccc3ncncc3c2)S1. The van der Waals surface area contributed by atoms with Crippen molar-refractivity contribution in [2.45, 2.75) is 4.71 Å². The molecule has 0 aliphatic carbocycles. The maximum atomic E-state index is 4.40. The third-order valence-corrected chi connectivity index (χ3v) is 4.81. The molecule has 0 bridgehead atoms. The molecule has 3 nitrogen and oxygen atoms in total. The van der Waals surface area contributed by atoms with Gasteiger partial charge >= 0.3 is 0 Å². The zero-order valence-electron chi connectivity index (χ0n) is 9.78. The van der Waals surface area contributed by atoms with E-state index in [0.29, 0.717) is 4.71 Å². The molecular weight excluding hydrogens is 262 g/mol. The number of rotatable bonds is 2. The molecule has 3 rings (SSSR count). The maximum absolute atomic E-state index is 4.40. The highest BCUT2D eigenvalue weighted by atomic mass is 32.2. The summed E-state index contributed by atoms with van der Waals surface area (Å²) in [7, 11) is 0. The number of aromatic nitrogens is 2. The number of thioether (sulfide) groups is 2. The summed E-state index contributed by atoms with van der Waals surface area (Å²) >= 11 is 3.53. The summed E-state index contributed by atoms with van der Waals surface area (Å²) in [5.74, 6) is 0. The van der Waals surface area contributed by atoms with Crippen LogP contribution < -0.4 is 0 Å². The first-order valence-corrected chi connectivity index (χ1v) is 7.66. The Balaban J connectivity index is 1.92. The summed E-state index contributed by atoms with van der Waals surface area (Å²) < 4.78 is 0.306. The van der Waals surface area contributed by atoms with E-state index in [2.05, 4.69) is 39.4 Å². The highest BCUT2D eigenvalue weighted by Crippen LogP contribution is 2.34. The molecule has 1 aromatic heterocycles. The Morgan fingerprint density at radius 1 is 1.39 bits per heavy atom. The highest BCUT2D eigenvalue weighted by molar-refractivity contribution is 8.19. The molecule has 0 saturated carbocycles. The van der Waals surface area contributed by atoms with Crippen molar-refractivity contribution >= 4 is 46.7 Å². The smallest absolute Gasteiger partial charge is 0.145 e. The molecule has 2 aromatic rings. The second kappa shape index (κ2) is 5.12. The van der Waals surface area contributed by atoms with E-state index in [-0.39, 0.29) is 0 Å². The van der Waals surface area contributed by atoms with Crippen molar-refractivity contribution < 1.29 is 0 Å². The van der Waals surface area contributed by atoms with Gasteiger partial charge in [0.05, 0.1) is 5.52 Å². The molecule has 1 aliphatic heterocycles. The van der Waals surface area contributed by atoms with E-state index in [9.17, 15) is 0 Å². The fourth-order valence-corrected chi connectivity index (χ4v) is 3.33. The van der Waals surface area contributed by atoms with Crippen molar-refractivity contribution in [1.82, 2.24) is 9.97 Å². The van der Waals surface area contributed by atoms with E-state index in [1.807, 2.05) is 18.5 Å².